The monoisotopic (exact) mass is 406 g/mol. The minimum Gasteiger partial charge on any atom is -0.343 e. The zero-order valence-electron chi connectivity index (χ0n) is 15.6. The van der Waals surface area contributed by atoms with E-state index in [-0.39, 0.29) is 12.5 Å². The Morgan fingerprint density at radius 2 is 2.00 bits per heavy atom. The van der Waals surface area contributed by atoms with E-state index in [0.29, 0.717) is 24.6 Å². The molecule has 1 N–H and O–H groups in total. The molecule has 2 heterocycles. The van der Waals surface area contributed by atoms with Crippen LogP contribution in [-0.2, 0) is 22.3 Å². The Morgan fingerprint density at radius 1 is 1.24 bits per heavy atom. The van der Waals surface area contributed by atoms with Crippen molar-refractivity contribution in [1.29, 1.82) is 0 Å². The van der Waals surface area contributed by atoms with Gasteiger partial charge >= 0.3 is 6.18 Å². The summed E-state index contributed by atoms with van der Waals surface area (Å²) in [6.45, 7) is 1.89. The number of halogens is 3. The Labute approximate surface area is 166 Å². The molecule has 2 aromatic rings. The number of hydrogen-bond donors (Lipinski definition) is 1. The van der Waals surface area contributed by atoms with Gasteiger partial charge in [-0.15, -0.1) is 0 Å². The first-order valence-corrected chi connectivity index (χ1v) is 9.19. The third-order valence-electron chi connectivity index (χ3n) is 4.72. The summed E-state index contributed by atoms with van der Waals surface area (Å²) in [6.07, 6.45) is 2.68. The summed E-state index contributed by atoms with van der Waals surface area (Å²) in [5.74, 6) is -0.316. The summed E-state index contributed by atoms with van der Waals surface area (Å²) in [7, 11) is 0. The minimum atomic E-state index is -4.40. The number of carbonyl (C=O) groups excluding carboxylic acids is 2. The molecular formula is C20H21F3N4O2. The van der Waals surface area contributed by atoms with Gasteiger partial charge in [0.25, 0.3) is 0 Å². The van der Waals surface area contributed by atoms with Crippen LogP contribution in [0.25, 0.3) is 6.08 Å². The SMILES string of the molecule is O=C(/C=C/c1ccc(C(F)(F)F)cc1)NCC(=O)N1CC[C@@H](Cn2cccn2)C1. The zero-order valence-corrected chi connectivity index (χ0v) is 15.6. The van der Waals surface area contributed by atoms with Gasteiger partial charge in [-0.1, -0.05) is 12.1 Å². The first-order chi connectivity index (χ1) is 13.8. The lowest BCUT2D eigenvalue weighted by Gasteiger charge is -2.16. The van der Waals surface area contributed by atoms with Gasteiger partial charge < -0.3 is 10.2 Å². The van der Waals surface area contributed by atoms with Crippen molar-refractivity contribution in [2.24, 2.45) is 5.92 Å². The number of likely N-dealkylation sites (tertiary alicyclic amines) is 1. The smallest absolute Gasteiger partial charge is 0.343 e. The number of rotatable bonds is 6. The molecule has 1 aromatic carbocycles. The van der Waals surface area contributed by atoms with Gasteiger partial charge in [0.15, 0.2) is 0 Å². The Hall–Kier alpha value is -3.10. The van der Waals surface area contributed by atoms with Gasteiger partial charge in [0.05, 0.1) is 12.1 Å². The summed E-state index contributed by atoms with van der Waals surface area (Å²) >= 11 is 0. The minimum absolute atomic E-state index is 0.120. The molecule has 29 heavy (non-hydrogen) atoms. The molecule has 154 valence electrons. The maximum Gasteiger partial charge on any atom is 0.416 e. The van der Waals surface area contributed by atoms with E-state index in [1.165, 1.54) is 24.3 Å². The molecule has 1 aliphatic rings. The summed E-state index contributed by atoms with van der Waals surface area (Å²) in [6, 6.07) is 6.32. The molecule has 9 heteroatoms. The molecule has 0 unspecified atom stereocenters. The zero-order chi connectivity index (χ0) is 20.9. The molecule has 2 amide bonds. The molecular weight excluding hydrogens is 385 g/mol. The molecule has 0 aliphatic carbocycles. The molecule has 0 spiro atoms. The third-order valence-corrected chi connectivity index (χ3v) is 4.72. The van der Waals surface area contributed by atoms with Crippen molar-refractivity contribution >= 4 is 17.9 Å². The van der Waals surface area contributed by atoms with Crippen LogP contribution in [0.1, 0.15) is 17.5 Å². The second-order valence-corrected chi connectivity index (χ2v) is 6.89. The Kier molecular flexibility index (Phi) is 6.36. The van der Waals surface area contributed by atoms with Crippen LogP contribution in [0.15, 0.2) is 48.8 Å². The molecule has 1 saturated heterocycles. The highest BCUT2D eigenvalue weighted by molar-refractivity contribution is 5.94. The highest BCUT2D eigenvalue weighted by Crippen LogP contribution is 2.29. The van der Waals surface area contributed by atoms with Gasteiger partial charge in [-0.05, 0) is 42.2 Å². The topological polar surface area (TPSA) is 67.2 Å². The van der Waals surface area contributed by atoms with Gasteiger partial charge in [0, 0.05) is 38.1 Å². The van der Waals surface area contributed by atoms with Crippen LogP contribution < -0.4 is 5.32 Å². The van der Waals surface area contributed by atoms with Gasteiger partial charge in [-0.3, -0.25) is 14.3 Å². The van der Waals surface area contributed by atoms with Crippen LogP contribution in [0, 0.1) is 5.92 Å². The van der Waals surface area contributed by atoms with Gasteiger partial charge in [0.2, 0.25) is 11.8 Å². The van der Waals surface area contributed by atoms with Crippen molar-refractivity contribution in [3.05, 3.63) is 59.9 Å². The number of aromatic nitrogens is 2. The molecule has 1 aliphatic heterocycles. The fraction of sp³-hybridized carbons (Fsp3) is 0.350. The van der Waals surface area contributed by atoms with E-state index in [1.54, 1.807) is 11.1 Å². The standard InChI is InChI=1S/C20H21F3N4O2/c21-20(22,23)17-5-2-15(3-6-17)4-7-18(28)24-12-19(29)26-11-8-16(13-26)14-27-10-1-9-25-27/h1-7,9-10,16H,8,11-14H2,(H,24,28)/b7-4+/t16-/m1/s1. The molecule has 3 rings (SSSR count). The molecule has 1 fully saturated rings. The van der Waals surface area contributed by atoms with Crippen molar-refractivity contribution in [3.8, 4) is 0 Å². The van der Waals surface area contributed by atoms with E-state index < -0.39 is 17.6 Å². The van der Waals surface area contributed by atoms with Crippen LogP contribution in [0.4, 0.5) is 13.2 Å². The summed E-state index contributed by atoms with van der Waals surface area (Å²) < 4.78 is 39.4. The Morgan fingerprint density at radius 3 is 2.66 bits per heavy atom. The largest absolute Gasteiger partial charge is 0.416 e. The average molecular weight is 406 g/mol. The summed E-state index contributed by atoms with van der Waals surface area (Å²) in [5, 5.41) is 6.68. The quantitative estimate of drug-likeness (QED) is 0.750. The van der Waals surface area contributed by atoms with Gasteiger partial charge in [0.1, 0.15) is 0 Å². The van der Waals surface area contributed by atoms with E-state index in [9.17, 15) is 22.8 Å². The lowest BCUT2D eigenvalue weighted by Crippen LogP contribution is -2.38. The molecule has 1 atom stereocenters. The number of hydrogen-bond acceptors (Lipinski definition) is 3. The van der Waals surface area contributed by atoms with Crippen molar-refractivity contribution in [3.63, 3.8) is 0 Å². The van der Waals surface area contributed by atoms with E-state index in [0.717, 1.165) is 25.1 Å². The van der Waals surface area contributed by atoms with Crippen LogP contribution in [-0.4, -0.2) is 46.1 Å². The molecule has 6 nitrogen and oxygen atoms in total. The van der Waals surface area contributed by atoms with Crippen LogP contribution in [0.5, 0.6) is 0 Å². The maximum absolute atomic E-state index is 12.5. The van der Waals surface area contributed by atoms with Crippen molar-refractivity contribution in [2.75, 3.05) is 19.6 Å². The number of carbonyl (C=O) groups is 2. The number of alkyl halides is 3. The molecule has 1 aromatic heterocycles. The normalized spacial score (nSPS) is 17.1. The molecule has 0 radical (unpaired) electrons. The second kappa shape index (κ2) is 8.93. The van der Waals surface area contributed by atoms with E-state index in [1.807, 2.05) is 16.9 Å². The predicted octanol–water partition coefficient (Wildman–Crippen LogP) is 2.58. The molecule has 0 bridgehead atoms. The Balaban J connectivity index is 1.42. The predicted molar refractivity (Wildman–Crippen MR) is 100 cm³/mol. The lowest BCUT2D eigenvalue weighted by molar-refractivity contribution is -0.137. The van der Waals surface area contributed by atoms with Gasteiger partial charge in [-0.25, -0.2) is 0 Å². The highest BCUT2D eigenvalue weighted by Gasteiger charge is 2.30. The maximum atomic E-state index is 12.5. The summed E-state index contributed by atoms with van der Waals surface area (Å²) in [4.78, 5) is 25.9. The van der Waals surface area contributed by atoms with E-state index in [4.69, 9.17) is 0 Å². The number of amides is 2. The molecule has 0 saturated carbocycles. The van der Waals surface area contributed by atoms with E-state index >= 15 is 0 Å². The Bertz CT molecular complexity index is 861. The number of nitrogens with zero attached hydrogens (tertiary/aromatic N) is 3. The van der Waals surface area contributed by atoms with Crippen molar-refractivity contribution in [1.82, 2.24) is 20.0 Å². The van der Waals surface area contributed by atoms with E-state index in [2.05, 4.69) is 10.4 Å². The fourth-order valence-corrected chi connectivity index (χ4v) is 3.17. The number of nitrogens with one attached hydrogen (secondary N) is 1. The third kappa shape index (κ3) is 5.94. The van der Waals surface area contributed by atoms with Crippen molar-refractivity contribution < 1.29 is 22.8 Å². The van der Waals surface area contributed by atoms with Gasteiger partial charge in [-0.2, -0.15) is 18.3 Å². The summed E-state index contributed by atoms with van der Waals surface area (Å²) in [5.41, 5.74) is -0.290. The fourth-order valence-electron chi connectivity index (χ4n) is 3.17. The lowest BCUT2D eigenvalue weighted by atomic mass is 10.1. The van der Waals surface area contributed by atoms with Crippen LogP contribution >= 0.6 is 0 Å². The average Bonchev–Trinajstić information content (AvgIpc) is 3.36. The number of benzene rings is 1. The van der Waals surface area contributed by atoms with Crippen LogP contribution in [0.3, 0.4) is 0 Å². The second-order valence-electron chi connectivity index (χ2n) is 6.89. The van der Waals surface area contributed by atoms with Crippen molar-refractivity contribution in [2.45, 2.75) is 19.1 Å². The first-order valence-electron chi connectivity index (χ1n) is 9.19. The van der Waals surface area contributed by atoms with Crippen LogP contribution in [0.2, 0.25) is 0 Å². The highest BCUT2D eigenvalue weighted by atomic mass is 19.4. The first kappa shape index (κ1) is 20.6.